The van der Waals surface area contributed by atoms with Crippen molar-refractivity contribution in [2.24, 2.45) is 7.05 Å². The molecule has 3 aromatic rings. The molecule has 0 bridgehead atoms. The molecule has 178 valence electrons. The fourth-order valence-corrected chi connectivity index (χ4v) is 5.67. The fraction of sp³-hybridized carbons (Fsp3) is 0.400. The van der Waals surface area contributed by atoms with Gasteiger partial charge in [-0.15, -0.1) is 11.3 Å². The second-order valence-corrected chi connectivity index (χ2v) is 9.86. The van der Waals surface area contributed by atoms with Crippen molar-refractivity contribution >= 4 is 23.2 Å². The van der Waals surface area contributed by atoms with E-state index in [2.05, 4.69) is 15.3 Å². The van der Waals surface area contributed by atoms with Gasteiger partial charge in [-0.2, -0.15) is 5.10 Å². The highest BCUT2D eigenvalue weighted by Gasteiger charge is 2.33. The van der Waals surface area contributed by atoms with Gasteiger partial charge in [0.1, 0.15) is 5.82 Å². The molecule has 3 heterocycles. The maximum atomic E-state index is 13.1. The Balaban J connectivity index is 1.22. The Labute approximate surface area is 202 Å². The topological polar surface area (TPSA) is 70.5 Å². The van der Waals surface area contributed by atoms with Crippen LogP contribution in [-0.2, 0) is 26.4 Å². The molecular formula is C25H28FN5O2S. The highest BCUT2D eigenvalue weighted by Crippen LogP contribution is 2.28. The van der Waals surface area contributed by atoms with Crippen molar-refractivity contribution in [3.05, 3.63) is 75.0 Å². The molecule has 1 aromatic carbocycles. The zero-order chi connectivity index (χ0) is 23.7. The summed E-state index contributed by atoms with van der Waals surface area (Å²) in [4.78, 5) is 30.8. The van der Waals surface area contributed by atoms with E-state index in [4.69, 9.17) is 0 Å². The maximum absolute atomic E-state index is 13.1. The first-order chi connectivity index (χ1) is 16.5. The van der Waals surface area contributed by atoms with Crippen LogP contribution in [0.1, 0.15) is 43.4 Å². The highest BCUT2D eigenvalue weighted by atomic mass is 32.1. The molecule has 34 heavy (non-hydrogen) atoms. The van der Waals surface area contributed by atoms with E-state index in [-0.39, 0.29) is 17.6 Å². The van der Waals surface area contributed by atoms with Gasteiger partial charge in [-0.05, 0) is 48.4 Å². The number of thiophene rings is 1. The minimum absolute atomic E-state index is 0.118. The lowest BCUT2D eigenvalue weighted by molar-refractivity contribution is 0.0555. The zero-order valence-electron chi connectivity index (χ0n) is 19.2. The number of benzene rings is 1. The quantitative estimate of drug-likeness (QED) is 0.609. The summed E-state index contributed by atoms with van der Waals surface area (Å²) in [7, 11) is 1.89. The number of hydrogen-bond acceptors (Lipinski definition) is 5. The lowest BCUT2D eigenvalue weighted by atomic mass is 9.89. The van der Waals surface area contributed by atoms with Crippen molar-refractivity contribution in [3.8, 4) is 0 Å². The third-order valence-electron chi connectivity index (χ3n) is 6.86. The average Bonchev–Trinajstić information content (AvgIpc) is 3.51. The van der Waals surface area contributed by atoms with Crippen molar-refractivity contribution in [2.45, 2.75) is 31.8 Å². The van der Waals surface area contributed by atoms with E-state index in [0.717, 1.165) is 67.1 Å². The number of rotatable bonds is 5. The molecule has 1 fully saturated rings. The molecule has 0 radical (unpaired) electrons. The standard InChI is InChI=1S/C25H28FN5O2S/c1-29-21-9-8-19(30-10-12-31(13-11-30)25(33)22-3-2-14-34-22)15-20(21)23(28-29)24(32)27-16-17-4-6-18(26)7-5-17/h2-7,14,19H,8-13,15-16H2,1H3,(H,27,32). The Morgan fingerprint density at radius 3 is 2.62 bits per heavy atom. The number of carbonyl (C=O) groups is 2. The predicted molar refractivity (Wildman–Crippen MR) is 128 cm³/mol. The molecule has 7 nitrogen and oxygen atoms in total. The minimum Gasteiger partial charge on any atom is -0.347 e. The third kappa shape index (κ3) is 4.63. The van der Waals surface area contributed by atoms with Crippen LogP contribution in [0.15, 0.2) is 41.8 Å². The molecule has 2 aromatic heterocycles. The Morgan fingerprint density at radius 2 is 1.91 bits per heavy atom. The van der Waals surface area contributed by atoms with Crippen molar-refractivity contribution < 1.29 is 14.0 Å². The summed E-state index contributed by atoms with van der Waals surface area (Å²) in [5, 5.41) is 9.40. The summed E-state index contributed by atoms with van der Waals surface area (Å²) >= 11 is 1.49. The van der Waals surface area contributed by atoms with Crippen LogP contribution in [0, 0.1) is 5.82 Å². The van der Waals surface area contributed by atoms with Gasteiger partial charge < -0.3 is 10.2 Å². The lowest BCUT2D eigenvalue weighted by Crippen LogP contribution is -2.53. The first kappa shape index (κ1) is 22.7. The highest BCUT2D eigenvalue weighted by molar-refractivity contribution is 7.12. The van der Waals surface area contributed by atoms with Gasteiger partial charge in [0, 0.05) is 57.1 Å². The maximum Gasteiger partial charge on any atom is 0.272 e. The van der Waals surface area contributed by atoms with E-state index in [1.165, 1.54) is 23.5 Å². The summed E-state index contributed by atoms with van der Waals surface area (Å²) in [5.41, 5.74) is 3.46. The summed E-state index contributed by atoms with van der Waals surface area (Å²) in [6, 6.07) is 10.2. The zero-order valence-corrected chi connectivity index (χ0v) is 20.0. The summed E-state index contributed by atoms with van der Waals surface area (Å²) < 4.78 is 15.0. The van der Waals surface area contributed by atoms with Crippen molar-refractivity contribution in [1.82, 2.24) is 24.9 Å². The van der Waals surface area contributed by atoms with Gasteiger partial charge in [0.15, 0.2) is 5.69 Å². The van der Waals surface area contributed by atoms with E-state index >= 15 is 0 Å². The van der Waals surface area contributed by atoms with Crippen molar-refractivity contribution in [3.63, 3.8) is 0 Å². The number of nitrogens with one attached hydrogen (secondary N) is 1. The van der Waals surface area contributed by atoms with Crippen molar-refractivity contribution in [2.75, 3.05) is 26.2 Å². The summed E-state index contributed by atoms with van der Waals surface area (Å²) in [6.07, 6.45) is 2.67. The van der Waals surface area contributed by atoms with Gasteiger partial charge in [-0.1, -0.05) is 18.2 Å². The number of amides is 2. The molecule has 1 saturated heterocycles. The normalized spacial score (nSPS) is 18.5. The van der Waals surface area contributed by atoms with E-state index < -0.39 is 0 Å². The number of aryl methyl sites for hydroxylation is 1. The molecule has 0 spiro atoms. The van der Waals surface area contributed by atoms with Gasteiger partial charge >= 0.3 is 0 Å². The van der Waals surface area contributed by atoms with Crippen LogP contribution < -0.4 is 5.32 Å². The minimum atomic E-state index is -0.295. The Hall–Kier alpha value is -3.04. The van der Waals surface area contributed by atoms with Crippen LogP contribution in [0.25, 0.3) is 0 Å². The molecule has 2 aliphatic rings. The van der Waals surface area contributed by atoms with Gasteiger partial charge in [0.05, 0.1) is 4.88 Å². The van der Waals surface area contributed by atoms with Gasteiger partial charge in [-0.25, -0.2) is 4.39 Å². The smallest absolute Gasteiger partial charge is 0.272 e. The number of carbonyl (C=O) groups excluding carboxylic acids is 2. The Morgan fingerprint density at radius 1 is 1.15 bits per heavy atom. The van der Waals surface area contributed by atoms with Crippen molar-refractivity contribution in [1.29, 1.82) is 0 Å². The van der Waals surface area contributed by atoms with E-state index in [9.17, 15) is 14.0 Å². The number of halogens is 1. The van der Waals surface area contributed by atoms with Crippen LogP contribution >= 0.6 is 11.3 Å². The molecular weight excluding hydrogens is 453 g/mol. The SMILES string of the molecule is Cn1nc(C(=O)NCc2ccc(F)cc2)c2c1CCC(N1CCN(C(=O)c3cccs3)CC1)C2. The van der Waals surface area contributed by atoms with Crippen LogP contribution in [0.5, 0.6) is 0 Å². The van der Waals surface area contributed by atoms with Gasteiger partial charge in [0.2, 0.25) is 0 Å². The number of aromatic nitrogens is 2. The first-order valence-corrected chi connectivity index (χ1v) is 12.5. The van der Waals surface area contributed by atoms with Crippen LogP contribution in [0.4, 0.5) is 4.39 Å². The number of fused-ring (bicyclic) bond motifs is 1. The monoisotopic (exact) mass is 481 g/mol. The summed E-state index contributed by atoms with van der Waals surface area (Å²) in [5.74, 6) is -0.377. The molecule has 1 N–H and O–H groups in total. The second kappa shape index (κ2) is 9.68. The largest absolute Gasteiger partial charge is 0.347 e. The van der Waals surface area contributed by atoms with E-state index in [1.807, 2.05) is 34.1 Å². The van der Waals surface area contributed by atoms with Crippen LogP contribution in [0.2, 0.25) is 0 Å². The first-order valence-electron chi connectivity index (χ1n) is 11.6. The molecule has 2 amide bonds. The molecule has 1 unspecified atom stereocenters. The molecule has 0 saturated carbocycles. The predicted octanol–water partition coefficient (Wildman–Crippen LogP) is 2.87. The number of piperazine rings is 1. The molecule has 5 rings (SSSR count). The molecule has 1 aliphatic carbocycles. The Kier molecular flexibility index (Phi) is 6.47. The number of hydrogen-bond donors (Lipinski definition) is 1. The lowest BCUT2D eigenvalue weighted by Gasteiger charge is -2.40. The summed E-state index contributed by atoms with van der Waals surface area (Å²) in [6.45, 7) is 3.44. The van der Waals surface area contributed by atoms with Gasteiger partial charge in [-0.3, -0.25) is 19.2 Å². The molecule has 1 aliphatic heterocycles. The van der Waals surface area contributed by atoms with Crippen LogP contribution in [-0.4, -0.2) is 63.6 Å². The van der Waals surface area contributed by atoms with Gasteiger partial charge in [0.25, 0.3) is 11.8 Å². The van der Waals surface area contributed by atoms with E-state index in [1.54, 1.807) is 12.1 Å². The molecule has 1 atom stereocenters. The van der Waals surface area contributed by atoms with E-state index in [0.29, 0.717) is 18.3 Å². The fourth-order valence-electron chi connectivity index (χ4n) is 4.98. The second-order valence-electron chi connectivity index (χ2n) is 8.91. The molecule has 9 heteroatoms. The Bertz CT molecular complexity index is 1170. The average molecular weight is 482 g/mol. The number of nitrogens with zero attached hydrogens (tertiary/aromatic N) is 4. The third-order valence-corrected chi connectivity index (χ3v) is 7.72. The van der Waals surface area contributed by atoms with Crippen LogP contribution in [0.3, 0.4) is 0 Å².